The Morgan fingerprint density at radius 3 is 2.82 bits per heavy atom. The van der Waals surface area contributed by atoms with Crippen molar-refractivity contribution in [1.29, 1.82) is 0 Å². The average molecular weight is 152 g/mol. The lowest BCUT2D eigenvalue weighted by molar-refractivity contribution is -0.0677. The molecule has 3 atom stereocenters. The van der Waals surface area contributed by atoms with Gasteiger partial charge >= 0.3 is 0 Å². The fourth-order valence-corrected chi connectivity index (χ4v) is 2.73. The Morgan fingerprint density at radius 2 is 2.45 bits per heavy atom. The second kappa shape index (κ2) is 2.10. The molecule has 1 fully saturated rings. The van der Waals surface area contributed by atoms with E-state index in [1.54, 1.807) is 0 Å². The average Bonchev–Trinajstić information content (AvgIpc) is 2.02. The summed E-state index contributed by atoms with van der Waals surface area (Å²) in [5, 5.41) is 9.24. The van der Waals surface area contributed by atoms with Crippen LogP contribution in [-0.2, 0) is 0 Å². The molecule has 0 saturated heterocycles. The van der Waals surface area contributed by atoms with Crippen molar-refractivity contribution >= 4 is 0 Å². The van der Waals surface area contributed by atoms with E-state index in [0.29, 0.717) is 12.5 Å². The molecule has 1 heteroatoms. The van der Waals surface area contributed by atoms with Crippen molar-refractivity contribution in [2.45, 2.75) is 26.7 Å². The first-order valence-electron chi connectivity index (χ1n) is 4.46. The number of rotatable bonds is 1. The fraction of sp³-hybridized carbons (Fsp3) is 0.800. The normalized spacial score (nSPS) is 48.1. The van der Waals surface area contributed by atoms with Gasteiger partial charge in [-0.1, -0.05) is 18.6 Å². The Labute approximate surface area is 68.1 Å². The summed E-state index contributed by atoms with van der Waals surface area (Å²) in [4.78, 5) is 0. The molecular formula is C10H16O. The molecule has 0 amide bonds. The van der Waals surface area contributed by atoms with E-state index in [2.05, 4.69) is 19.9 Å². The molecule has 0 spiro atoms. The zero-order valence-corrected chi connectivity index (χ0v) is 7.30. The van der Waals surface area contributed by atoms with Crippen LogP contribution in [0.2, 0.25) is 0 Å². The lowest BCUT2D eigenvalue weighted by atomic mass is 9.48. The Hall–Kier alpha value is -0.300. The van der Waals surface area contributed by atoms with Crippen LogP contribution in [0, 0.1) is 17.3 Å². The number of hydrogen-bond donors (Lipinski definition) is 1. The molecule has 0 aromatic rings. The van der Waals surface area contributed by atoms with Gasteiger partial charge in [-0.05, 0) is 31.6 Å². The van der Waals surface area contributed by atoms with Crippen LogP contribution in [0.5, 0.6) is 0 Å². The van der Waals surface area contributed by atoms with Crippen LogP contribution in [0.4, 0.5) is 0 Å². The Morgan fingerprint density at radius 1 is 1.73 bits per heavy atom. The van der Waals surface area contributed by atoms with Crippen LogP contribution >= 0.6 is 0 Å². The molecule has 3 aliphatic rings. The first-order valence-corrected chi connectivity index (χ1v) is 4.46. The predicted molar refractivity (Wildman–Crippen MR) is 45.2 cm³/mol. The van der Waals surface area contributed by atoms with Crippen LogP contribution < -0.4 is 0 Å². The van der Waals surface area contributed by atoms with Gasteiger partial charge in [0.1, 0.15) is 0 Å². The minimum Gasteiger partial charge on any atom is -0.396 e. The van der Waals surface area contributed by atoms with E-state index in [4.69, 9.17) is 0 Å². The molecule has 0 aliphatic heterocycles. The lowest BCUT2D eigenvalue weighted by Gasteiger charge is -2.57. The fourth-order valence-electron chi connectivity index (χ4n) is 2.73. The molecular weight excluding hydrogens is 136 g/mol. The minimum atomic E-state index is 0.235. The standard InChI is InChI=1S/C10H16O/c1-7-3-4-8-5-9(7)10(8,2)6-11/h3,8-9,11H,4-6H2,1-2H3. The highest BCUT2D eigenvalue weighted by molar-refractivity contribution is 5.22. The summed E-state index contributed by atoms with van der Waals surface area (Å²) in [5.41, 5.74) is 1.74. The molecule has 3 rings (SSSR count). The zero-order chi connectivity index (χ0) is 8.06. The molecule has 11 heavy (non-hydrogen) atoms. The summed E-state index contributed by atoms with van der Waals surface area (Å²) < 4.78 is 0. The van der Waals surface area contributed by atoms with E-state index in [1.165, 1.54) is 18.4 Å². The van der Waals surface area contributed by atoms with Gasteiger partial charge < -0.3 is 5.11 Å². The molecule has 1 nitrogen and oxygen atoms in total. The highest BCUT2D eigenvalue weighted by Gasteiger charge is 2.52. The number of aliphatic hydroxyl groups excluding tert-OH is 1. The molecule has 0 aromatic carbocycles. The summed E-state index contributed by atoms with van der Waals surface area (Å²) in [6.45, 7) is 4.80. The second-order valence-corrected chi connectivity index (χ2v) is 4.33. The van der Waals surface area contributed by atoms with Crippen molar-refractivity contribution in [2.75, 3.05) is 6.61 Å². The topological polar surface area (TPSA) is 20.2 Å². The molecule has 0 aromatic heterocycles. The molecule has 0 radical (unpaired) electrons. The van der Waals surface area contributed by atoms with E-state index in [9.17, 15) is 5.11 Å². The largest absolute Gasteiger partial charge is 0.396 e. The van der Waals surface area contributed by atoms with E-state index in [-0.39, 0.29) is 5.41 Å². The molecule has 62 valence electrons. The van der Waals surface area contributed by atoms with Crippen molar-refractivity contribution in [3.8, 4) is 0 Å². The zero-order valence-electron chi connectivity index (χ0n) is 7.30. The number of fused-ring (bicyclic) bond motifs is 1. The number of aliphatic hydroxyl groups is 1. The van der Waals surface area contributed by atoms with Crippen LogP contribution in [0.25, 0.3) is 0 Å². The Balaban J connectivity index is 2.26. The SMILES string of the molecule is CC1=CCC2CC1C2(C)CO. The smallest absolute Gasteiger partial charge is 0.0493 e. The van der Waals surface area contributed by atoms with Gasteiger partial charge in [-0.15, -0.1) is 0 Å². The monoisotopic (exact) mass is 152 g/mol. The molecule has 0 heterocycles. The van der Waals surface area contributed by atoms with Crippen molar-refractivity contribution in [2.24, 2.45) is 17.3 Å². The van der Waals surface area contributed by atoms with Gasteiger partial charge in [0, 0.05) is 12.0 Å². The molecule has 3 unspecified atom stereocenters. The van der Waals surface area contributed by atoms with Gasteiger partial charge in [-0.3, -0.25) is 0 Å². The van der Waals surface area contributed by atoms with Crippen molar-refractivity contribution < 1.29 is 5.11 Å². The first kappa shape index (κ1) is 7.35. The highest BCUT2D eigenvalue weighted by atomic mass is 16.3. The Kier molecular flexibility index (Phi) is 1.40. The summed E-state index contributed by atoms with van der Waals surface area (Å²) >= 11 is 0. The third-order valence-corrected chi connectivity index (χ3v) is 3.86. The maximum atomic E-state index is 9.24. The molecule has 1 N–H and O–H groups in total. The maximum absolute atomic E-state index is 9.24. The number of hydrogen-bond acceptors (Lipinski definition) is 1. The van der Waals surface area contributed by atoms with Crippen molar-refractivity contribution in [3.05, 3.63) is 11.6 Å². The van der Waals surface area contributed by atoms with E-state index in [0.717, 1.165) is 5.92 Å². The maximum Gasteiger partial charge on any atom is 0.0493 e. The second-order valence-electron chi connectivity index (χ2n) is 4.33. The van der Waals surface area contributed by atoms with Gasteiger partial charge in [0.15, 0.2) is 0 Å². The van der Waals surface area contributed by atoms with Gasteiger partial charge in [-0.25, -0.2) is 0 Å². The summed E-state index contributed by atoms with van der Waals surface area (Å²) in [6, 6.07) is 0. The van der Waals surface area contributed by atoms with Crippen molar-refractivity contribution in [3.63, 3.8) is 0 Å². The third kappa shape index (κ3) is 0.750. The van der Waals surface area contributed by atoms with E-state index >= 15 is 0 Å². The van der Waals surface area contributed by atoms with Gasteiger partial charge in [-0.2, -0.15) is 0 Å². The van der Waals surface area contributed by atoms with Crippen LogP contribution in [0.1, 0.15) is 26.7 Å². The molecule has 2 bridgehead atoms. The minimum absolute atomic E-state index is 0.235. The predicted octanol–water partition coefficient (Wildman–Crippen LogP) is 1.97. The summed E-state index contributed by atoms with van der Waals surface area (Å²) in [6.07, 6.45) is 4.86. The van der Waals surface area contributed by atoms with Crippen LogP contribution in [0.3, 0.4) is 0 Å². The van der Waals surface area contributed by atoms with Crippen LogP contribution in [-0.4, -0.2) is 11.7 Å². The lowest BCUT2D eigenvalue weighted by Crippen LogP contribution is -2.52. The first-order chi connectivity index (χ1) is 5.18. The van der Waals surface area contributed by atoms with E-state index in [1.807, 2.05) is 0 Å². The number of allylic oxidation sites excluding steroid dienone is 2. The summed E-state index contributed by atoms with van der Waals surface area (Å²) in [5.74, 6) is 1.45. The van der Waals surface area contributed by atoms with E-state index < -0.39 is 0 Å². The van der Waals surface area contributed by atoms with Gasteiger partial charge in [0.2, 0.25) is 0 Å². The molecule has 3 aliphatic carbocycles. The quantitative estimate of drug-likeness (QED) is 0.569. The van der Waals surface area contributed by atoms with Crippen molar-refractivity contribution in [1.82, 2.24) is 0 Å². The third-order valence-electron chi connectivity index (χ3n) is 3.86. The molecule has 1 saturated carbocycles. The summed E-state index contributed by atoms with van der Waals surface area (Å²) in [7, 11) is 0. The van der Waals surface area contributed by atoms with Crippen LogP contribution in [0.15, 0.2) is 11.6 Å². The van der Waals surface area contributed by atoms with Gasteiger partial charge in [0.25, 0.3) is 0 Å². The Bertz CT molecular complexity index is 207. The van der Waals surface area contributed by atoms with Gasteiger partial charge in [0.05, 0.1) is 0 Å². The highest BCUT2D eigenvalue weighted by Crippen LogP contribution is 2.58.